The Morgan fingerprint density at radius 1 is 1.28 bits per heavy atom. The number of nitrogens with zero attached hydrogens (tertiary/aromatic N) is 1. The summed E-state index contributed by atoms with van der Waals surface area (Å²) in [5.74, 6) is -0.501. The molecule has 7 heteroatoms. The van der Waals surface area contributed by atoms with Gasteiger partial charge >= 0.3 is 0 Å². The van der Waals surface area contributed by atoms with Crippen molar-refractivity contribution in [2.24, 2.45) is 5.92 Å². The number of aliphatic hydroxyl groups is 1. The van der Waals surface area contributed by atoms with Gasteiger partial charge in [0.05, 0.1) is 23.3 Å². The lowest BCUT2D eigenvalue weighted by Gasteiger charge is -2.26. The first-order valence-corrected chi connectivity index (χ1v) is 9.98. The van der Waals surface area contributed by atoms with Gasteiger partial charge in [-0.3, -0.25) is 4.79 Å². The second-order valence-electron chi connectivity index (χ2n) is 8.44. The molecule has 1 aromatic heterocycles. The van der Waals surface area contributed by atoms with Crippen molar-refractivity contribution in [2.75, 3.05) is 11.9 Å². The summed E-state index contributed by atoms with van der Waals surface area (Å²) in [6, 6.07) is 8.64. The number of amides is 1. The summed E-state index contributed by atoms with van der Waals surface area (Å²) in [6.45, 7) is 2.26. The van der Waals surface area contributed by atoms with Crippen LogP contribution in [0.4, 0.5) is 14.6 Å². The number of anilines is 1. The average Bonchev–Trinajstić information content (AvgIpc) is 3.56. The minimum atomic E-state index is -1.75. The molecule has 2 saturated carbocycles. The van der Waals surface area contributed by atoms with Gasteiger partial charge in [-0.2, -0.15) is 0 Å². The number of carbonyl (C=O) groups is 1. The Bertz CT molecular complexity index is 924. The van der Waals surface area contributed by atoms with Crippen molar-refractivity contribution in [2.45, 2.75) is 50.2 Å². The van der Waals surface area contributed by atoms with E-state index in [0.717, 1.165) is 42.9 Å². The van der Waals surface area contributed by atoms with Crippen molar-refractivity contribution < 1.29 is 18.7 Å². The van der Waals surface area contributed by atoms with E-state index >= 15 is 0 Å². The Morgan fingerprint density at radius 2 is 2.03 bits per heavy atom. The summed E-state index contributed by atoms with van der Waals surface area (Å²) >= 11 is 0. The molecule has 0 unspecified atom stereocenters. The smallest absolute Gasteiger partial charge is 0.223 e. The number of nitrogens with one attached hydrogen (secondary N) is 2. The van der Waals surface area contributed by atoms with Crippen molar-refractivity contribution in [1.29, 1.82) is 0 Å². The van der Waals surface area contributed by atoms with Gasteiger partial charge in [0, 0.05) is 18.2 Å². The van der Waals surface area contributed by atoms with Crippen molar-refractivity contribution in [3.8, 4) is 0 Å². The van der Waals surface area contributed by atoms with E-state index in [1.807, 2.05) is 18.2 Å². The zero-order valence-corrected chi connectivity index (χ0v) is 16.3. The standard InChI is InChI=1S/C22H25F2N3O2/c1-21(29,16-8-7-15(23)11-17(16)24)12-20(28)27-22(9-10-22)18-3-2-4-19(26-18)25-13-14-5-6-14/h2-4,7-8,11,14,29H,5-6,9-10,12-13H2,1H3,(H,25,26)(H,27,28)/t21-/m1/s1. The summed E-state index contributed by atoms with van der Waals surface area (Å²) in [5.41, 5.74) is -1.63. The van der Waals surface area contributed by atoms with E-state index in [0.29, 0.717) is 6.07 Å². The fourth-order valence-corrected chi connectivity index (χ4v) is 3.59. The van der Waals surface area contributed by atoms with Gasteiger partial charge in [0.2, 0.25) is 5.91 Å². The maximum absolute atomic E-state index is 14.0. The van der Waals surface area contributed by atoms with E-state index in [-0.39, 0.29) is 12.0 Å². The van der Waals surface area contributed by atoms with Gasteiger partial charge in [-0.25, -0.2) is 13.8 Å². The highest BCUT2D eigenvalue weighted by molar-refractivity contribution is 5.78. The van der Waals surface area contributed by atoms with Crippen molar-refractivity contribution in [3.05, 3.63) is 59.3 Å². The van der Waals surface area contributed by atoms with Crippen LogP contribution < -0.4 is 10.6 Å². The normalized spacial score (nSPS) is 19.3. The Morgan fingerprint density at radius 3 is 2.69 bits per heavy atom. The van der Waals surface area contributed by atoms with Crippen LogP contribution in [0.15, 0.2) is 36.4 Å². The molecule has 1 aromatic carbocycles. The van der Waals surface area contributed by atoms with Crippen molar-refractivity contribution in [3.63, 3.8) is 0 Å². The minimum Gasteiger partial charge on any atom is -0.385 e. The van der Waals surface area contributed by atoms with E-state index in [9.17, 15) is 18.7 Å². The molecule has 2 fully saturated rings. The van der Waals surface area contributed by atoms with Crippen LogP contribution in [0, 0.1) is 17.6 Å². The zero-order valence-electron chi connectivity index (χ0n) is 16.3. The second-order valence-corrected chi connectivity index (χ2v) is 8.44. The Hall–Kier alpha value is -2.54. The van der Waals surface area contributed by atoms with E-state index in [4.69, 9.17) is 0 Å². The molecule has 0 radical (unpaired) electrons. The fourth-order valence-electron chi connectivity index (χ4n) is 3.59. The lowest BCUT2D eigenvalue weighted by atomic mass is 9.91. The molecule has 0 saturated heterocycles. The molecule has 29 heavy (non-hydrogen) atoms. The number of hydrogen-bond acceptors (Lipinski definition) is 4. The zero-order chi connectivity index (χ0) is 20.6. The van der Waals surface area contributed by atoms with E-state index < -0.39 is 28.7 Å². The third-order valence-corrected chi connectivity index (χ3v) is 5.65. The van der Waals surface area contributed by atoms with Crippen LogP contribution in [-0.2, 0) is 15.9 Å². The number of rotatable bonds is 8. The van der Waals surface area contributed by atoms with Crippen LogP contribution in [-0.4, -0.2) is 22.5 Å². The van der Waals surface area contributed by atoms with Gasteiger partial charge < -0.3 is 15.7 Å². The first-order valence-electron chi connectivity index (χ1n) is 9.98. The molecule has 2 aliphatic carbocycles. The highest BCUT2D eigenvalue weighted by Crippen LogP contribution is 2.45. The summed E-state index contributed by atoms with van der Waals surface area (Å²) < 4.78 is 27.2. The van der Waals surface area contributed by atoms with Gasteiger partial charge in [-0.15, -0.1) is 0 Å². The topological polar surface area (TPSA) is 74.2 Å². The van der Waals surface area contributed by atoms with Crippen LogP contribution in [0.25, 0.3) is 0 Å². The first kappa shape index (κ1) is 19.8. The van der Waals surface area contributed by atoms with Crippen molar-refractivity contribution in [1.82, 2.24) is 10.3 Å². The van der Waals surface area contributed by atoms with E-state index in [1.54, 1.807) is 0 Å². The molecule has 1 heterocycles. The maximum Gasteiger partial charge on any atom is 0.223 e. The van der Waals surface area contributed by atoms with Crippen LogP contribution in [0.3, 0.4) is 0 Å². The fraction of sp³-hybridized carbons (Fsp3) is 0.455. The number of carbonyl (C=O) groups excluding carboxylic acids is 1. The van der Waals surface area contributed by atoms with E-state index in [1.165, 1.54) is 25.8 Å². The van der Waals surface area contributed by atoms with Crippen LogP contribution in [0.2, 0.25) is 0 Å². The Balaban J connectivity index is 1.43. The molecule has 0 bridgehead atoms. The quantitative estimate of drug-likeness (QED) is 0.632. The van der Waals surface area contributed by atoms with Gasteiger partial charge in [0.25, 0.3) is 0 Å². The van der Waals surface area contributed by atoms with Gasteiger partial charge in [0.1, 0.15) is 17.5 Å². The van der Waals surface area contributed by atoms with Crippen molar-refractivity contribution >= 4 is 11.7 Å². The molecule has 2 aliphatic rings. The summed E-state index contributed by atoms with van der Waals surface area (Å²) in [5, 5.41) is 16.9. The van der Waals surface area contributed by atoms with Crippen LogP contribution in [0.5, 0.6) is 0 Å². The molecule has 4 rings (SSSR count). The summed E-state index contributed by atoms with van der Waals surface area (Å²) in [7, 11) is 0. The molecular weight excluding hydrogens is 376 g/mol. The summed E-state index contributed by atoms with van der Waals surface area (Å²) in [6.07, 6.45) is 3.68. The molecule has 2 aromatic rings. The molecule has 0 aliphatic heterocycles. The third-order valence-electron chi connectivity index (χ3n) is 5.65. The lowest BCUT2D eigenvalue weighted by molar-refractivity contribution is -0.127. The predicted molar refractivity (Wildman–Crippen MR) is 105 cm³/mol. The number of halogens is 2. The Kier molecular flexibility index (Phi) is 5.02. The van der Waals surface area contributed by atoms with Crippen LogP contribution in [0.1, 0.15) is 50.3 Å². The average molecular weight is 401 g/mol. The predicted octanol–water partition coefficient (Wildman–Crippen LogP) is 3.58. The first-order chi connectivity index (χ1) is 13.8. The molecule has 1 atom stereocenters. The highest BCUT2D eigenvalue weighted by Gasteiger charge is 2.47. The van der Waals surface area contributed by atoms with Crippen LogP contribution >= 0.6 is 0 Å². The number of benzene rings is 1. The highest BCUT2D eigenvalue weighted by atomic mass is 19.1. The Labute approximate surface area is 168 Å². The number of hydrogen-bond donors (Lipinski definition) is 3. The third kappa shape index (κ3) is 4.56. The molecular formula is C22H25F2N3O2. The SMILES string of the molecule is C[C@@](O)(CC(=O)NC1(c2cccc(NCC3CC3)n2)CC1)c1ccc(F)cc1F. The second kappa shape index (κ2) is 7.37. The molecule has 3 N–H and O–H groups in total. The molecule has 1 amide bonds. The minimum absolute atomic E-state index is 0.108. The van der Waals surface area contributed by atoms with Gasteiger partial charge in [0.15, 0.2) is 0 Å². The maximum atomic E-state index is 14.0. The lowest BCUT2D eigenvalue weighted by Crippen LogP contribution is -2.39. The molecule has 0 spiro atoms. The van der Waals surface area contributed by atoms with Gasteiger partial charge in [-0.05, 0) is 56.7 Å². The molecule has 154 valence electrons. The van der Waals surface area contributed by atoms with E-state index in [2.05, 4.69) is 15.6 Å². The summed E-state index contributed by atoms with van der Waals surface area (Å²) in [4.78, 5) is 17.3. The largest absolute Gasteiger partial charge is 0.385 e. The molecule has 5 nitrogen and oxygen atoms in total. The van der Waals surface area contributed by atoms with Gasteiger partial charge in [-0.1, -0.05) is 12.1 Å². The number of aromatic nitrogens is 1. The number of pyridine rings is 1. The monoisotopic (exact) mass is 401 g/mol.